The van der Waals surface area contributed by atoms with Crippen molar-refractivity contribution >= 4 is 5.91 Å². The third-order valence-corrected chi connectivity index (χ3v) is 5.06. The zero-order valence-corrected chi connectivity index (χ0v) is 14.3. The molecule has 0 radical (unpaired) electrons. The highest BCUT2D eigenvalue weighted by Crippen LogP contribution is 2.19. The molecule has 1 amide bonds. The van der Waals surface area contributed by atoms with Crippen LogP contribution >= 0.6 is 0 Å². The van der Waals surface area contributed by atoms with E-state index in [0.717, 1.165) is 16.7 Å². The van der Waals surface area contributed by atoms with Gasteiger partial charge in [0.25, 0.3) is 5.91 Å². The number of rotatable bonds is 2. The van der Waals surface area contributed by atoms with E-state index in [2.05, 4.69) is 4.90 Å². The Morgan fingerprint density at radius 3 is 2.54 bits per heavy atom. The number of benzene rings is 1. The average molecular weight is 334 g/mol. The lowest BCUT2D eigenvalue weighted by molar-refractivity contribution is -0.136. The lowest BCUT2D eigenvalue weighted by Gasteiger charge is -2.43. The van der Waals surface area contributed by atoms with Crippen molar-refractivity contribution in [1.29, 1.82) is 0 Å². The summed E-state index contributed by atoms with van der Waals surface area (Å²) < 4.78 is 5.36. The molecule has 2 N–H and O–H groups in total. The summed E-state index contributed by atoms with van der Waals surface area (Å²) in [6, 6.07) is 5.74. The summed E-state index contributed by atoms with van der Waals surface area (Å²) in [7, 11) is 0. The number of ether oxygens (including phenoxy) is 1. The number of aliphatic hydroxyl groups is 2. The number of hydrogen-bond donors (Lipinski definition) is 2. The first-order valence-electron chi connectivity index (χ1n) is 8.52. The van der Waals surface area contributed by atoms with Crippen LogP contribution in [0.25, 0.3) is 0 Å². The molecule has 0 saturated carbocycles. The van der Waals surface area contributed by atoms with Crippen LogP contribution in [0.15, 0.2) is 18.2 Å². The Kier molecular flexibility index (Phi) is 5.20. The molecule has 2 saturated heterocycles. The summed E-state index contributed by atoms with van der Waals surface area (Å²) in [6.45, 7) is 7.13. The Balaban J connectivity index is 1.62. The normalized spacial score (nSPS) is 28.8. The molecule has 2 aliphatic heterocycles. The van der Waals surface area contributed by atoms with Crippen LogP contribution in [0.2, 0.25) is 0 Å². The predicted molar refractivity (Wildman–Crippen MR) is 90.0 cm³/mol. The zero-order valence-electron chi connectivity index (χ0n) is 14.3. The maximum Gasteiger partial charge on any atom is 0.254 e. The van der Waals surface area contributed by atoms with E-state index in [4.69, 9.17) is 4.74 Å². The van der Waals surface area contributed by atoms with E-state index in [1.54, 1.807) is 0 Å². The summed E-state index contributed by atoms with van der Waals surface area (Å²) in [4.78, 5) is 16.7. The fourth-order valence-electron chi connectivity index (χ4n) is 3.48. The molecular weight excluding hydrogens is 308 g/mol. The topological polar surface area (TPSA) is 73.2 Å². The average Bonchev–Trinajstić information content (AvgIpc) is 2.59. The fourth-order valence-corrected chi connectivity index (χ4v) is 3.48. The van der Waals surface area contributed by atoms with Crippen molar-refractivity contribution in [1.82, 2.24) is 9.80 Å². The molecule has 0 aromatic heterocycles. The molecule has 0 unspecified atom stereocenters. The molecule has 1 aromatic carbocycles. The molecule has 0 spiro atoms. The van der Waals surface area contributed by atoms with Gasteiger partial charge in [0, 0.05) is 31.7 Å². The molecule has 2 aliphatic rings. The second kappa shape index (κ2) is 7.19. The van der Waals surface area contributed by atoms with Crippen LogP contribution in [-0.4, -0.2) is 83.6 Å². The second-order valence-corrected chi connectivity index (χ2v) is 6.81. The van der Waals surface area contributed by atoms with Crippen LogP contribution in [0.3, 0.4) is 0 Å². The van der Waals surface area contributed by atoms with Gasteiger partial charge in [-0.05, 0) is 25.5 Å². The fraction of sp³-hybridized carbons (Fsp3) is 0.611. The van der Waals surface area contributed by atoms with Crippen molar-refractivity contribution in [2.24, 2.45) is 0 Å². The molecule has 2 heterocycles. The summed E-state index contributed by atoms with van der Waals surface area (Å²) >= 11 is 0. The third kappa shape index (κ3) is 3.47. The van der Waals surface area contributed by atoms with Crippen molar-refractivity contribution in [2.45, 2.75) is 32.1 Å². The Bertz CT molecular complexity index is 599. The number of nitrogens with zero attached hydrogens (tertiary/aromatic N) is 2. The summed E-state index contributed by atoms with van der Waals surface area (Å²) in [5.41, 5.74) is 2.84. The Morgan fingerprint density at radius 2 is 1.83 bits per heavy atom. The van der Waals surface area contributed by atoms with Gasteiger partial charge in [-0.25, -0.2) is 0 Å². The molecule has 6 nitrogen and oxygen atoms in total. The van der Waals surface area contributed by atoms with Crippen LogP contribution in [0.4, 0.5) is 0 Å². The molecule has 2 fully saturated rings. The van der Waals surface area contributed by atoms with Gasteiger partial charge < -0.3 is 19.8 Å². The summed E-state index contributed by atoms with van der Waals surface area (Å²) in [5.74, 6) is 0.0660. The molecule has 6 heteroatoms. The van der Waals surface area contributed by atoms with Gasteiger partial charge in [0.05, 0.1) is 25.4 Å². The molecular formula is C18H26N2O4. The lowest BCUT2D eigenvalue weighted by Crippen LogP contribution is -2.60. The minimum absolute atomic E-state index is 0.0660. The van der Waals surface area contributed by atoms with Crippen LogP contribution in [0.1, 0.15) is 21.5 Å². The van der Waals surface area contributed by atoms with E-state index in [1.807, 2.05) is 36.9 Å². The highest BCUT2D eigenvalue weighted by atomic mass is 16.5. The molecule has 3 atom stereocenters. The molecule has 132 valence electrons. The first kappa shape index (κ1) is 17.4. The van der Waals surface area contributed by atoms with Crippen LogP contribution in [0.5, 0.6) is 0 Å². The highest BCUT2D eigenvalue weighted by molar-refractivity contribution is 5.95. The highest BCUT2D eigenvalue weighted by Gasteiger charge is 2.37. The number of hydrogen-bond acceptors (Lipinski definition) is 5. The van der Waals surface area contributed by atoms with Crippen molar-refractivity contribution < 1.29 is 19.7 Å². The van der Waals surface area contributed by atoms with E-state index < -0.39 is 12.2 Å². The van der Waals surface area contributed by atoms with Gasteiger partial charge in [0.1, 0.15) is 6.10 Å². The van der Waals surface area contributed by atoms with Crippen LogP contribution < -0.4 is 0 Å². The Morgan fingerprint density at radius 1 is 1.12 bits per heavy atom. The van der Waals surface area contributed by atoms with Crippen molar-refractivity contribution in [3.8, 4) is 0 Å². The minimum Gasteiger partial charge on any atom is -0.389 e. The molecule has 3 rings (SSSR count). The molecule has 0 bridgehead atoms. The van der Waals surface area contributed by atoms with Gasteiger partial charge in [-0.3, -0.25) is 9.69 Å². The van der Waals surface area contributed by atoms with E-state index in [0.29, 0.717) is 32.8 Å². The van der Waals surface area contributed by atoms with Gasteiger partial charge >= 0.3 is 0 Å². The summed E-state index contributed by atoms with van der Waals surface area (Å²) in [5, 5.41) is 19.9. The summed E-state index contributed by atoms with van der Waals surface area (Å²) in [6.07, 6.45) is -1.63. The SMILES string of the molecule is Cc1ccc(C)c(C(=O)N2CCN([C@@H]3COC[C@@H](O)[C@H]3O)CC2)c1. The van der Waals surface area contributed by atoms with Gasteiger partial charge in [-0.15, -0.1) is 0 Å². The van der Waals surface area contributed by atoms with Crippen molar-refractivity contribution in [3.63, 3.8) is 0 Å². The van der Waals surface area contributed by atoms with Crippen molar-refractivity contribution in [2.75, 3.05) is 39.4 Å². The number of aryl methyl sites for hydroxylation is 2. The van der Waals surface area contributed by atoms with Crippen molar-refractivity contribution in [3.05, 3.63) is 34.9 Å². The monoisotopic (exact) mass is 334 g/mol. The van der Waals surface area contributed by atoms with Gasteiger partial charge in [0.2, 0.25) is 0 Å². The van der Waals surface area contributed by atoms with Gasteiger partial charge in [-0.1, -0.05) is 17.7 Å². The largest absolute Gasteiger partial charge is 0.389 e. The molecule has 0 aliphatic carbocycles. The van der Waals surface area contributed by atoms with E-state index in [-0.39, 0.29) is 18.6 Å². The number of carbonyl (C=O) groups is 1. The number of amides is 1. The number of carbonyl (C=O) groups excluding carboxylic acids is 1. The quantitative estimate of drug-likeness (QED) is 0.807. The maximum atomic E-state index is 12.8. The first-order chi connectivity index (χ1) is 11.5. The second-order valence-electron chi connectivity index (χ2n) is 6.81. The Hall–Kier alpha value is -1.47. The predicted octanol–water partition coefficient (Wildman–Crippen LogP) is 0.182. The maximum absolute atomic E-state index is 12.8. The van der Waals surface area contributed by atoms with Gasteiger partial charge in [0.15, 0.2) is 0 Å². The number of aliphatic hydroxyl groups excluding tert-OH is 2. The zero-order chi connectivity index (χ0) is 17.3. The first-order valence-corrected chi connectivity index (χ1v) is 8.52. The van der Waals surface area contributed by atoms with Crippen LogP contribution in [-0.2, 0) is 4.74 Å². The van der Waals surface area contributed by atoms with E-state index >= 15 is 0 Å². The molecule has 24 heavy (non-hydrogen) atoms. The minimum atomic E-state index is -0.835. The number of piperazine rings is 1. The standard InChI is InChI=1S/C18H26N2O4/c1-12-3-4-13(2)14(9-12)18(23)20-7-5-19(6-8-20)15-10-24-11-16(21)17(15)22/h3-4,9,15-17,21-22H,5-8,10-11H2,1-2H3/t15-,16-,17+/m1/s1. The van der Waals surface area contributed by atoms with Gasteiger partial charge in [-0.2, -0.15) is 0 Å². The molecule has 1 aromatic rings. The third-order valence-electron chi connectivity index (χ3n) is 5.06. The Labute approximate surface area is 142 Å². The lowest BCUT2D eigenvalue weighted by atomic mass is 10.0. The van der Waals surface area contributed by atoms with Crippen LogP contribution in [0, 0.1) is 13.8 Å². The van der Waals surface area contributed by atoms with E-state index in [1.165, 1.54) is 0 Å². The van der Waals surface area contributed by atoms with E-state index in [9.17, 15) is 15.0 Å². The smallest absolute Gasteiger partial charge is 0.254 e.